The number of hydrogen-bond donors (Lipinski definition) is 2. The van der Waals surface area contributed by atoms with Gasteiger partial charge in [-0.25, -0.2) is 17.8 Å². The number of aromatic amines is 1. The van der Waals surface area contributed by atoms with Crippen molar-refractivity contribution in [3.05, 3.63) is 34.1 Å². The van der Waals surface area contributed by atoms with Crippen LogP contribution in [0.15, 0.2) is 16.9 Å². The molecule has 10 heteroatoms. The minimum Gasteiger partial charge on any atom is -0.382 e. The number of thioether (sulfide) groups is 1. The Bertz CT molecular complexity index is 1140. The van der Waals surface area contributed by atoms with Gasteiger partial charge in [0.15, 0.2) is 9.84 Å². The first kappa shape index (κ1) is 24.5. The van der Waals surface area contributed by atoms with Crippen molar-refractivity contribution < 1.29 is 12.8 Å². The van der Waals surface area contributed by atoms with E-state index in [4.69, 9.17) is 0 Å². The maximum absolute atomic E-state index is 14.6. The monoisotopic (exact) mass is 496 g/mol. The van der Waals surface area contributed by atoms with Gasteiger partial charge in [0.05, 0.1) is 22.8 Å². The van der Waals surface area contributed by atoms with Crippen LogP contribution in [-0.2, 0) is 15.6 Å². The van der Waals surface area contributed by atoms with Gasteiger partial charge in [-0.1, -0.05) is 20.3 Å². The molecular formula is C23H33FN4O3S2. The van der Waals surface area contributed by atoms with Gasteiger partial charge in [0.2, 0.25) is 0 Å². The van der Waals surface area contributed by atoms with Crippen molar-refractivity contribution in [3.8, 4) is 0 Å². The van der Waals surface area contributed by atoms with Crippen LogP contribution in [0.4, 0.5) is 10.1 Å². The van der Waals surface area contributed by atoms with Crippen LogP contribution in [0.3, 0.4) is 0 Å². The lowest BCUT2D eigenvalue weighted by Gasteiger charge is -2.41. The summed E-state index contributed by atoms with van der Waals surface area (Å²) in [6.07, 6.45) is 6.52. The predicted molar refractivity (Wildman–Crippen MR) is 133 cm³/mol. The topological polar surface area (TPSA) is 95.2 Å². The van der Waals surface area contributed by atoms with Gasteiger partial charge in [-0.15, -0.1) is 0 Å². The van der Waals surface area contributed by atoms with Crippen LogP contribution in [0.25, 0.3) is 10.9 Å². The number of sulfone groups is 1. The fourth-order valence-electron chi connectivity index (χ4n) is 5.08. The molecule has 5 rings (SSSR count). The lowest BCUT2D eigenvalue weighted by Crippen LogP contribution is -2.55. The number of hydrogen-bond acceptors (Lipinski definition) is 7. The summed E-state index contributed by atoms with van der Waals surface area (Å²) < 4.78 is 37.5. The number of nitrogens with one attached hydrogen (secondary N) is 2. The van der Waals surface area contributed by atoms with E-state index in [-0.39, 0.29) is 18.9 Å². The first-order valence-electron chi connectivity index (χ1n) is 11.4. The van der Waals surface area contributed by atoms with Gasteiger partial charge >= 0.3 is 0 Å². The highest BCUT2D eigenvalue weighted by Crippen LogP contribution is 2.30. The molecule has 3 fully saturated rings. The first-order chi connectivity index (χ1) is 15.4. The highest BCUT2D eigenvalue weighted by Gasteiger charge is 2.38. The van der Waals surface area contributed by atoms with Gasteiger partial charge < -0.3 is 10.3 Å². The Balaban J connectivity index is 0.00000259. The molecule has 7 nitrogen and oxygen atoms in total. The number of rotatable bonds is 6. The van der Waals surface area contributed by atoms with E-state index in [0.29, 0.717) is 45.6 Å². The summed E-state index contributed by atoms with van der Waals surface area (Å²) in [7, 11) is -2.80. The standard InChI is InChI=1S/C22H29FN4O3S2.CH4/c23-18-9-15(24-14-3-1-2-4-14)10-19-21(18)22(28)26-20(25-19)11-31-17-5-7-27(8-6-17)16-12-32(29,30)13-16;/h9-10,14,16-17,24H,1-8,11-13H2,(H,25,26,28);1H4. The van der Waals surface area contributed by atoms with E-state index in [1.807, 2.05) is 0 Å². The van der Waals surface area contributed by atoms with Gasteiger partial charge in [0.25, 0.3) is 5.56 Å². The number of likely N-dealkylation sites (tertiary alicyclic amines) is 1. The van der Waals surface area contributed by atoms with Crippen LogP contribution in [0.5, 0.6) is 0 Å². The van der Waals surface area contributed by atoms with Crippen LogP contribution < -0.4 is 10.9 Å². The summed E-state index contributed by atoms with van der Waals surface area (Å²) in [5, 5.41) is 3.84. The molecule has 0 unspecified atom stereocenters. The third-order valence-corrected chi connectivity index (χ3v) is 10.0. The van der Waals surface area contributed by atoms with E-state index in [1.54, 1.807) is 17.8 Å². The summed E-state index contributed by atoms with van der Waals surface area (Å²) in [6.45, 7) is 1.81. The van der Waals surface area contributed by atoms with Gasteiger partial charge in [-0.2, -0.15) is 11.8 Å². The van der Waals surface area contributed by atoms with Gasteiger partial charge in [-0.3, -0.25) is 9.69 Å². The number of fused-ring (bicyclic) bond motifs is 1. The van der Waals surface area contributed by atoms with Crippen molar-refractivity contribution >= 4 is 38.2 Å². The summed E-state index contributed by atoms with van der Waals surface area (Å²) in [4.78, 5) is 22.1. The van der Waals surface area contributed by atoms with Gasteiger partial charge in [0, 0.05) is 23.0 Å². The molecule has 0 amide bonds. The molecule has 1 aliphatic carbocycles. The molecular weight excluding hydrogens is 463 g/mol. The van der Waals surface area contributed by atoms with Crippen molar-refractivity contribution in [3.63, 3.8) is 0 Å². The minimum atomic E-state index is -2.80. The van der Waals surface area contributed by atoms with Gasteiger partial charge in [0.1, 0.15) is 17.0 Å². The Morgan fingerprint density at radius 1 is 1.15 bits per heavy atom. The van der Waals surface area contributed by atoms with E-state index in [1.165, 1.54) is 18.9 Å². The maximum atomic E-state index is 14.6. The third kappa shape index (κ3) is 5.54. The van der Waals surface area contributed by atoms with Crippen LogP contribution in [-0.4, -0.2) is 65.2 Å². The van der Waals surface area contributed by atoms with E-state index in [2.05, 4.69) is 20.2 Å². The summed E-state index contributed by atoms with van der Waals surface area (Å²) in [5.74, 6) is 1.18. The SMILES string of the molecule is C.O=c1[nH]c(CSC2CCN(C3CS(=O)(=O)C3)CC2)nc2cc(NC3CCCC3)cc(F)c12. The Hall–Kier alpha value is -1.65. The molecule has 3 aliphatic rings. The average molecular weight is 497 g/mol. The highest BCUT2D eigenvalue weighted by atomic mass is 32.2. The Morgan fingerprint density at radius 2 is 1.85 bits per heavy atom. The van der Waals surface area contributed by atoms with Crippen LogP contribution in [0.2, 0.25) is 0 Å². The van der Waals surface area contributed by atoms with E-state index in [9.17, 15) is 17.6 Å². The average Bonchev–Trinajstić information content (AvgIpc) is 3.23. The molecule has 0 radical (unpaired) electrons. The van der Waals surface area contributed by atoms with E-state index >= 15 is 0 Å². The molecule has 1 aromatic carbocycles. The Labute approximate surface area is 198 Å². The van der Waals surface area contributed by atoms with Crippen molar-refractivity contribution in [1.29, 1.82) is 0 Å². The quantitative estimate of drug-likeness (QED) is 0.632. The fraction of sp³-hybridized carbons (Fsp3) is 0.652. The second-order valence-electron chi connectivity index (χ2n) is 9.27. The molecule has 2 aromatic rings. The zero-order valence-corrected chi connectivity index (χ0v) is 19.6. The smallest absolute Gasteiger partial charge is 0.261 e. The van der Waals surface area contributed by atoms with Gasteiger partial charge in [-0.05, 0) is 50.9 Å². The predicted octanol–water partition coefficient (Wildman–Crippen LogP) is 3.55. The number of benzene rings is 1. The second kappa shape index (κ2) is 9.92. The number of halogens is 1. The largest absolute Gasteiger partial charge is 0.382 e. The van der Waals surface area contributed by atoms with E-state index < -0.39 is 21.2 Å². The summed E-state index contributed by atoms with van der Waals surface area (Å²) >= 11 is 1.75. The lowest BCUT2D eigenvalue weighted by molar-refractivity contribution is 0.181. The number of nitrogens with zero attached hydrogens (tertiary/aromatic N) is 2. The number of piperidine rings is 1. The highest BCUT2D eigenvalue weighted by molar-refractivity contribution is 7.99. The fourth-order valence-corrected chi connectivity index (χ4v) is 7.65. The molecule has 1 aromatic heterocycles. The normalized spacial score (nSPS) is 22.2. The molecule has 182 valence electrons. The molecule has 0 atom stereocenters. The van der Waals surface area contributed by atoms with Crippen molar-refractivity contribution in [1.82, 2.24) is 14.9 Å². The molecule has 2 saturated heterocycles. The molecule has 0 bridgehead atoms. The zero-order valence-electron chi connectivity index (χ0n) is 18.0. The van der Waals surface area contributed by atoms with Crippen LogP contribution in [0.1, 0.15) is 51.8 Å². The molecule has 0 spiro atoms. The maximum Gasteiger partial charge on any atom is 0.261 e. The van der Waals surface area contributed by atoms with Crippen molar-refractivity contribution in [2.75, 3.05) is 29.9 Å². The molecule has 2 N–H and O–H groups in total. The van der Waals surface area contributed by atoms with E-state index in [0.717, 1.165) is 38.8 Å². The molecule has 33 heavy (non-hydrogen) atoms. The summed E-state index contributed by atoms with van der Waals surface area (Å²) in [6, 6.07) is 3.72. The minimum absolute atomic E-state index is 0. The molecule has 3 heterocycles. The molecule has 2 aliphatic heterocycles. The zero-order chi connectivity index (χ0) is 22.3. The van der Waals surface area contributed by atoms with Crippen LogP contribution >= 0.6 is 11.8 Å². The third-order valence-electron chi connectivity index (χ3n) is 6.88. The Morgan fingerprint density at radius 3 is 2.52 bits per heavy atom. The summed E-state index contributed by atoms with van der Waals surface area (Å²) in [5.41, 5.74) is 0.645. The number of H-pyrrole nitrogens is 1. The lowest BCUT2D eigenvalue weighted by atomic mass is 10.1. The first-order valence-corrected chi connectivity index (χ1v) is 14.3. The Kier molecular flexibility index (Phi) is 7.35. The van der Waals surface area contributed by atoms with Crippen molar-refractivity contribution in [2.45, 2.75) is 69.0 Å². The van der Waals surface area contributed by atoms with Crippen molar-refractivity contribution in [2.24, 2.45) is 0 Å². The number of anilines is 1. The second-order valence-corrected chi connectivity index (χ2v) is 12.7. The van der Waals surface area contributed by atoms with Crippen LogP contribution in [0, 0.1) is 5.82 Å². The molecule has 1 saturated carbocycles. The number of aromatic nitrogens is 2.